The molecule has 146 valence electrons. The number of benzene rings is 2. The molecule has 2 aromatic heterocycles. The van der Waals surface area contributed by atoms with Gasteiger partial charge in [-0.2, -0.15) is 5.10 Å². The predicted molar refractivity (Wildman–Crippen MR) is 119 cm³/mol. The lowest BCUT2D eigenvalue weighted by Gasteiger charge is -2.14. The molecule has 4 aromatic rings. The Labute approximate surface area is 177 Å². The second-order valence-corrected chi connectivity index (χ2v) is 8.44. The van der Waals surface area contributed by atoms with Crippen LogP contribution < -0.4 is 5.32 Å². The van der Waals surface area contributed by atoms with E-state index in [1.54, 1.807) is 22.6 Å². The van der Waals surface area contributed by atoms with E-state index in [-0.39, 0.29) is 11.2 Å². The molecule has 1 amide bonds. The topological polar surface area (TPSA) is 72.7 Å². The third kappa shape index (κ3) is 4.13. The van der Waals surface area contributed by atoms with E-state index < -0.39 is 0 Å². The third-order valence-corrected chi connectivity index (χ3v) is 6.26. The molecule has 6 nitrogen and oxygen atoms in total. The van der Waals surface area contributed by atoms with E-state index in [4.69, 9.17) is 0 Å². The van der Waals surface area contributed by atoms with Crippen molar-refractivity contribution in [1.29, 1.82) is 0 Å². The summed E-state index contributed by atoms with van der Waals surface area (Å²) in [5.74, 6) is -0.0706. The molecule has 0 saturated heterocycles. The molecule has 1 unspecified atom stereocenters. The van der Waals surface area contributed by atoms with Crippen LogP contribution in [0.15, 0.2) is 77.0 Å². The minimum absolute atomic E-state index is 0.0706. The number of thioether (sulfide) groups is 2. The number of carbonyl (C=O) groups excluding carboxylic acids is 1. The van der Waals surface area contributed by atoms with Gasteiger partial charge >= 0.3 is 0 Å². The van der Waals surface area contributed by atoms with E-state index in [0.29, 0.717) is 5.65 Å². The summed E-state index contributed by atoms with van der Waals surface area (Å²) >= 11 is 3.00. The first-order chi connectivity index (χ1) is 14.2. The first kappa shape index (κ1) is 19.5. The summed E-state index contributed by atoms with van der Waals surface area (Å²) in [6.45, 7) is 1.87. The lowest BCUT2D eigenvalue weighted by molar-refractivity contribution is -0.115. The molecule has 0 bridgehead atoms. The van der Waals surface area contributed by atoms with Crippen molar-refractivity contribution >= 4 is 46.2 Å². The van der Waals surface area contributed by atoms with Gasteiger partial charge in [-0.15, -0.1) is 11.8 Å². The number of nitrogens with zero attached hydrogens (tertiary/aromatic N) is 4. The fourth-order valence-corrected chi connectivity index (χ4v) is 4.31. The molecule has 0 aliphatic heterocycles. The van der Waals surface area contributed by atoms with Gasteiger partial charge in [0.1, 0.15) is 11.4 Å². The monoisotopic (exact) mass is 421 g/mol. The van der Waals surface area contributed by atoms with E-state index >= 15 is 0 Å². The van der Waals surface area contributed by atoms with Crippen molar-refractivity contribution in [1.82, 2.24) is 19.7 Å². The van der Waals surface area contributed by atoms with Gasteiger partial charge in [0.15, 0.2) is 5.65 Å². The number of amides is 1. The molecule has 0 fully saturated rings. The summed E-state index contributed by atoms with van der Waals surface area (Å²) in [6.07, 6.45) is 5.25. The Hall–Kier alpha value is -2.84. The number of hydrogen-bond donors (Lipinski definition) is 1. The molecule has 0 radical (unpaired) electrons. The van der Waals surface area contributed by atoms with Gasteiger partial charge < -0.3 is 5.32 Å². The quantitative estimate of drug-likeness (QED) is 0.361. The van der Waals surface area contributed by atoms with Crippen molar-refractivity contribution in [2.75, 3.05) is 11.6 Å². The zero-order chi connectivity index (χ0) is 20.2. The van der Waals surface area contributed by atoms with E-state index in [1.807, 2.05) is 67.8 Å². The van der Waals surface area contributed by atoms with E-state index in [1.165, 1.54) is 18.1 Å². The minimum Gasteiger partial charge on any atom is -0.324 e. The number of anilines is 1. The summed E-state index contributed by atoms with van der Waals surface area (Å²) in [4.78, 5) is 22.6. The fourth-order valence-electron chi connectivity index (χ4n) is 2.88. The molecule has 0 saturated carbocycles. The number of carbonyl (C=O) groups is 1. The van der Waals surface area contributed by atoms with Crippen molar-refractivity contribution in [3.05, 3.63) is 67.1 Å². The minimum atomic E-state index is -0.330. The highest BCUT2D eigenvalue weighted by Gasteiger charge is 2.19. The highest BCUT2D eigenvalue weighted by molar-refractivity contribution is 8.00. The third-order valence-electron chi connectivity index (χ3n) is 4.35. The number of nitrogens with one attached hydrogen (secondary N) is 1. The first-order valence-corrected chi connectivity index (χ1v) is 11.1. The Bertz CT molecular complexity index is 1150. The number of fused-ring (bicyclic) bond motifs is 1. The maximum Gasteiger partial charge on any atom is 0.237 e. The van der Waals surface area contributed by atoms with Gasteiger partial charge in [0.25, 0.3) is 0 Å². The smallest absolute Gasteiger partial charge is 0.237 e. The summed E-state index contributed by atoms with van der Waals surface area (Å²) in [7, 11) is 0. The Kier molecular flexibility index (Phi) is 5.82. The van der Waals surface area contributed by atoms with Crippen LogP contribution in [-0.4, -0.2) is 37.2 Å². The summed E-state index contributed by atoms with van der Waals surface area (Å²) in [6, 6.07) is 17.6. The first-order valence-electron chi connectivity index (χ1n) is 9.02. The van der Waals surface area contributed by atoms with Crippen molar-refractivity contribution in [3.63, 3.8) is 0 Å². The fraction of sp³-hybridized carbons (Fsp3) is 0.143. The predicted octanol–water partition coefficient (Wildman–Crippen LogP) is 4.66. The van der Waals surface area contributed by atoms with Crippen molar-refractivity contribution in [3.8, 4) is 5.69 Å². The van der Waals surface area contributed by atoms with Gasteiger partial charge in [-0.1, -0.05) is 42.1 Å². The van der Waals surface area contributed by atoms with Crippen LogP contribution in [0.5, 0.6) is 0 Å². The lowest BCUT2D eigenvalue weighted by atomic mass is 10.3. The Morgan fingerprint density at radius 1 is 1.07 bits per heavy atom. The molecule has 0 spiro atoms. The van der Waals surface area contributed by atoms with Gasteiger partial charge in [-0.3, -0.25) is 4.79 Å². The standard InChI is InChI=1S/C21H19N5OS2/c1-14(20(27)25-17-10-6-7-11-18(17)28-2)29-21-16-12-24-26(19(16)22-13-23-21)15-8-4-3-5-9-15/h3-14H,1-2H3,(H,25,27). The molecule has 2 aromatic carbocycles. The van der Waals surface area contributed by atoms with Crippen LogP contribution in [0.1, 0.15) is 6.92 Å². The summed E-state index contributed by atoms with van der Waals surface area (Å²) < 4.78 is 1.78. The largest absolute Gasteiger partial charge is 0.324 e. The van der Waals surface area contributed by atoms with Gasteiger partial charge in [0, 0.05) is 4.90 Å². The van der Waals surface area contributed by atoms with Gasteiger partial charge in [0.05, 0.1) is 28.2 Å². The van der Waals surface area contributed by atoms with Crippen LogP contribution >= 0.6 is 23.5 Å². The van der Waals surface area contributed by atoms with Gasteiger partial charge in [-0.25, -0.2) is 14.6 Å². The highest BCUT2D eigenvalue weighted by atomic mass is 32.2. The second kappa shape index (κ2) is 8.67. The van der Waals surface area contributed by atoms with Crippen LogP contribution in [-0.2, 0) is 4.79 Å². The van der Waals surface area contributed by atoms with E-state index in [2.05, 4.69) is 20.4 Å². The average molecular weight is 422 g/mol. The lowest BCUT2D eigenvalue weighted by Crippen LogP contribution is -2.22. The van der Waals surface area contributed by atoms with Crippen LogP contribution in [0, 0.1) is 0 Å². The molecule has 8 heteroatoms. The zero-order valence-corrected chi connectivity index (χ0v) is 17.6. The van der Waals surface area contributed by atoms with Crippen molar-refractivity contribution in [2.24, 2.45) is 0 Å². The van der Waals surface area contributed by atoms with E-state index in [9.17, 15) is 4.79 Å². The maximum atomic E-state index is 12.7. The molecular formula is C21H19N5OS2. The number of para-hydroxylation sites is 2. The number of aromatic nitrogens is 4. The molecule has 1 atom stereocenters. The normalized spacial score (nSPS) is 12.1. The van der Waals surface area contributed by atoms with Crippen molar-refractivity contribution in [2.45, 2.75) is 22.1 Å². The summed E-state index contributed by atoms with van der Waals surface area (Å²) in [5.41, 5.74) is 2.47. The van der Waals surface area contributed by atoms with Crippen LogP contribution in [0.3, 0.4) is 0 Å². The van der Waals surface area contributed by atoms with Gasteiger partial charge in [0.2, 0.25) is 5.91 Å². The van der Waals surface area contributed by atoms with Crippen LogP contribution in [0.2, 0.25) is 0 Å². The molecule has 29 heavy (non-hydrogen) atoms. The Balaban J connectivity index is 1.56. The Morgan fingerprint density at radius 3 is 2.62 bits per heavy atom. The number of hydrogen-bond acceptors (Lipinski definition) is 6. The van der Waals surface area contributed by atoms with E-state index in [0.717, 1.165) is 26.7 Å². The molecular weight excluding hydrogens is 402 g/mol. The zero-order valence-electron chi connectivity index (χ0n) is 15.9. The maximum absolute atomic E-state index is 12.7. The molecule has 0 aliphatic carbocycles. The summed E-state index contributed by atoms with van der Waals surface area (Å²) in [5, 5.41) is 8.71. The molecule has 2 heterocycles. The second-order valence-electron chi connectivity index (χ2n) is 6.26. The average Bonchev–Trinajstić information content (AvgIpc) is 3.20. The molecule has 4 rings (SSSR count). The molecule has 1 N–H and O–H groups in total. The SMILES string of the molecule is CSc1ccccc1NC(=O)C(C)Sc1ncnc2c1cnn2-c1ccccc1. The van der Waals surface area contributed by atoms with Crippen LogP contribution in [0.4, 0.5) is 5.69 Å². The number of rotatable bonds is 6. The molecule has 0 aliphatic rings. The Morgan fingerprint density at radius 2 is 1.83 bits per heavy atom. The highest BCUT2D eigenvalue weighted by Crippen LogP contribution is 2.30. The van der Waals surface area contributed by atoms with Crippen LogP contribution in [0.25, 0.3) is 16.7 Å². The van der Waals surface area contributed by atoms with Crippen molar-refractivity contribution < 1.29 is 4.79 Å². The van der Waals surface area contributed by atoms with Gasteiger partial charge in [-0.05, 0) is 37.4 Å².